The summed E-state index contributed by atoms with van der Waals surface area (Å²) in [4.78, 5) is 11.4. The molecule has 4 nitrogen and oxygen atoms in total. The number of benzene rings is 1. The maximum atomic E-state index is 11.4. The van der Waals surface area contributed by atoms with Crippen LogP contribution in [0.4, 0.5) is 4.79 Å². The number of carbonyl (C=O) groups is 1. The van der Waals surface area contributed by atoms with E-state index in [-0.39, 0.29) is 6.09 Å². The van der Waals surface area contributed by atoms with E-state index in [1.807, 2.05) is 26.8 Å². The molecular weight excluding hydrogens is 264 g/mol. The monoisotopic (exact) mass is 292 g/mol. The molecule has 0 saturated heterocycles. The molecule has 0 aromatic heterocycles. The quantitative estimate of drug-likeness (QED) is 0.724. The van der Waals surface area contributed by atoms with Crippen LogP contribution in [0.25, 0.3) is 0 Å². The molecule has 1 aromatic carbocycles. The van der Waals surface area contributed by atoms with Crippen molar-refractivity contribution in [2.75, 3.05) is 19.6 Å². The van der Waals surface area contributed by atoms with E-state index in [1.165, 1.54) is 12.0 Å². The minimum absolute atomic E-state index is 0.353. The fourth-order valence-electron chi connectivity index (χ4n) is 1.92. The summed E-state index contributed by atoms with van der Waals surface area (Å²) in [6.45, 7) is 7.91. The molecule has 0 spiro atoms. The summed E-state index contributed by atoms with van der Waals surface area (Å²) in [7, 11) is 0. The Morgan fingerprint density at radius 2 is 1.76 bits per heavy atom. The number of ether oxygens (including phenoxy) is 1. The number of amides is 1. The van der Waals surface area contributed by atoms with Gasteiger partial charge in [-0.2, -0.15) is 0 Å². The summed E-state index contributed by atoms with van der Waals surface area (Å²) in [6.07, 6.45) is 3.09. The zero-order valence-corrected chi connectivity index (χ0v) is 13.4. The van der Waals surface area contributed by atoms with Crippen molar-refractivity contribution >= 4 is 6.09 Å². The molecule has 0 fully saturated rings. The predicted octanol–water partition coefficient (Wildman–Crippen LogP) is 3.12. The second-order valence-electron chi connectivity index (χ2n) is 6.12. The van der Waals surface area contributed by atoms with E-state index in [4.69, 9.17) is 4.74 Å². The van der Waals surface area contributed by atoms with Crippen molar-refractivity contribution < 1.29 is 9.53 Å². The first kappa shape index (κ1) is 17.5. The number of alkyl carbamates (subject to hydrolysis) is 1. The van der Waals surface area contributed by atoms with E-state index >= 15 is 0 Å². The lowest BCUT2D eigenvalue weighted by Crippen LogP contribution is -2.36. The van der Waals surface area contributed by atoms with Gasteiger partial charge in [0.1, 0.15) is 5.60 Å². The molecule has 0 unspecified atom stereocenters. The lowest BCUT2D eigenvalue weighted by Gasteiger charge is -2.19. The van der Waals surface area contributed by atoms with E-state index in [1.54, 1.807) is 0 Å². The number of carbonyl (C=O) groups excluding carboxylic acids is 1. The van der Waals surface area contributed by atoms with Crippen LogP contribution >= 0.6 is 0 Å². The predicted molar refractivity (Wildman–Crippen MR) is 86.5 cm³/mol. The van der Waals surface area contributed by atoms with Crippen LogP contribution < -0.4 is 10.6 Å². The summed E-state index contributed by atoms with van der Waals surface area (Å²) in [5.41, 5.74) is 0.957. The van der Waals surface area contributed by atoms with Crippen molar-refractivity contribution in [3.05, 3.63) is 35.9 Å². The number of hydrogen-bond donors (Lipinski definition) is 2. The van der Waals surface area contributed by atoms with Gasteiger partial charge in [0.15, 0.2) is 0 Å². The van der Waals surface area contributed by atoms with Gasteiger partial charge in [-0.1, -0.05) is 30.3 Å². The highest BCUT2D eigenvalue weighted by Gasteiger charge is 2.15. The lowest BCUT2D eigenvalue weighted by molar-refractivity contribution is 0.0528. The average Bonchev–Trinajstić information content (AvgIpc) is 2.41. The molecule has 1 aromatic rings. The standard InChI is InChI=1S/C17H28N2O2/c1-17(2,3)21-16(20)19-14-13-18-12-8-7-11-15-9-5-4-6-10-15/h4-6,9-10,18H,7-8,11-14H2,1-3H3,(H,19,20). The van der Waals surface area contributed by atoms with Crippen LogP contribution in [0.5, 0.6) is 0 Å². The van der Waals surface area contributed by atoms with E-state index in [2.05, 4.69) is 34.9 Å². The molecule has 0 radical (unpaired) electrons. The van der Waals surface area contributed by atoms with Gasteiger partial charge in [-0.25, -0.2) is 4.79 Å². The van der Waals surface area contributed by atoms with Crippen LogP contribution in [0.3, 0.4) is 0 Å². The van der Waals surface area contributed by atoms with Gasteiger partial charge < -0.3 is 15.4 Å². The average molecular weight is 292 g/mol. The van der Waals surface area contributed by atoms with Gasteiger partial charge in [0.2, 0.25) is 0 Å². The van der Waals surface area contributed by atoms with Gasteiger partial charge >= 0.3 is 6.09 Å². The van der Waals surface area contributed by atoms with E-state index in [0.29, 0.717) is 6.54 Å². The lowest BCUT2D eigenvalue weighted by atomic mass is 10.1. The molecule has 0 aliphatic rings. The van der Waals surface area contributed by atoms with E-state index in [9.17, 15) is 4.79 Å². The summed E-state index contributed by atoms with van der Waals surface area (Å²) < 4.78 is 5.15. The van der Waals surface area contributed by atoms with Crippen molar-refractivity contribution in [2.45, 2.75) is 45.6 Å². The number of aryl methyl sites for hydroxylation is 1. The summed E-state index contributed by atoms with van der Waals surface area (Å²) in [6, 6.07) is 10.5. The Balaban J connectivity index is 1.92. The molecule has 0 bridgehead atoms. The van der Waals surface area contributed by atoms with Crippen LogP contribution in [0.2, 0.25) is 0 Å². The SMILES string of the molecule is CC(C)(C)OC(=O)NCCNCCCCc1ccccc1. The summed E-state index contributed by atoms with van der Waals surface area (Å²) in [5, 5.41) is 6.05. The summed E-state index contributed by atoms with van der Waals surface area (Å²) >= 11 is 0. The zero-order valence-electron chi connectivity index (χ0n) is 13.4. The van der Waals surface area contributed by atoms with Gasteiger partial charge in [-0.15, -0.1) is 0 Å². The number of rotatable bonds is 8. The second kappa shape index (κ2) is 9.40. The third-order valence-corrected chi connectivity index (χ3v) is 2.88. The number of nitrogens with one attached hydrogen (secondary N) is 2. The minimum atomic E-state index is -0.436. The second-order valence-corrected chi connectivity index (χ2v) is 6.12. The molecule has 0 atom stereocenters. The van der Waals surface area contributed by atoms with Gasteiger partial charge in [0, 0.05) is 13.1 Å². The Morgan fingerprint density at radius 1 is 1.05 bits per heavy atom. The fourth-order valence-corrected chi connectivity index (χ4v) is 1.92. The first-order chi connectivity index (χ1) is 9.97. The minimum Gasteiger partial charge on any atom is -0.444 e. The largest absolute Gasteiger partial charge is 0.444 e. The number of unbranched alkanes of at least 4 members (excludes halogenated alkanes) is 1. The Kier molecular flexibility index (Phi) is 7.83. The van der Waals surface area contributed by atoms with Crippen molar-refractivity contribution in [3.8, 4) is 0 Å². The molecule has 118 valence electrons. The molecule has 1 rings (SSSR count). The molecule has 0 heterocycles. The molecule has 0 saturated carbocycles. The third-order valence-electron chi connectivity index (χ3n) is 2.88. The maximum Gasteiger partial charge on any atom is 0.407 e. The van der Waals surface area contributed by atoms with Crippen LogP contribution in [0, 0.1) is 0 Å². The first-order valence-electron chi connectivity index (χ1n) is 7.69. The van der Waals surface area contributed by atoms with Crippen molar-refractivity contribution in [3.63, 3.8) is 0 Å². The molecular formula is C17H28N2O2. The van der Waals surface area contributed by atoms with Gasteiger partial charge in [-0.3, -0.25) is 0 Å². The van der Waals surface area contributed by atoms with Gasteiger partial charge in [0.05, 0.1) is 0 Å². The highest BCUT2D eigenvalue weighted by Crippen LogP contribution is 2.06. The van der Waals surface area contributed by atoms with Crippen LogP contribution in [-0.4, -0.2) is 31.3 Å². The summed E-state index contributed by atoms with van der Waals surface area (Å²) in [5.74, 6) is 0. The van der Waals surface area contributed by atoms with Crippen LogP contribution in [0.1, 0.15) is 39.2 Å². The molecule has 1 amide bonds. The first-order valence-corrected chi connectivity index (χ1v) is 7.69. The maximum absolute atomic E-state index is 11.4. The van der Waals surface area contributed by atoms with Crippen molar-refractivity contribution in [2.24, 2.45) is 0 Å². The van der Waals surface area contributed by atoms with E-state index in [0.717, 1.165) is 25.9 Å². The van der Waals surface area contributed by atoms with Gasteiger partial charge in [0.25, 0.3) is 0 Å². The van der Waals surface area contributed by atoms with E-state index < -0.39 is 5.60 Å². The fraction of sp³-hybridized carbons (Fsp3) is 0.588. The third kappa shape index (κ3) is 9.91. The molecule has 0 aliphatic heterocycles. The smallest absolute Gasteiger partial charge is 0.407 e. The Labute approximate surface area is 128 Å². The Morgan fingerprint density at radius 3 is 2.43 bits per heavy atom. The highest BCUT2D eigenvalue weighted by atomic mass is 16.6. The molecule has 2 N–H and O–H groups in total. The van der Waals surface area contributed by atoms with Crippen molar-refractivity contribution in [1.82, 2.24) is 10.6 Å². The van der Waals surface area contributed by atoms with Gasteiger partial charge in [-0.05, 0) is 52.1 Å². The molecule has 4 heteroatoms. The van der Waals surface area contributed by atoms with Crippen LogP contribution in [-0.2, 0) is 11.2 Å². The highest BCUT2D eigenvalue weighted by molar-refractivity contribution is 5.67. The molecule has 21 heavy (non-hydrogen) atoms. The Hall–Kier alpha value is -1.55. The Bertz CT molecular complexity index is 399. The normalized spacial score (nSPS) is 11.2. The van der Waals surface area contributed by atoms with Crippen LogP contribution in [0.15, 0.2) is 30.3 Å². The number of hydrogen-bond acceptors (Lipinski definition) is 3. The zero-order chi connectivity index (χ0) is 15.6. The molecule has 0 aliphatic carbocycles. The topological polar surface area (TPSA) is 50.4 Å². The van der Waals surface area contributed by atoms with Crippen molar-refractivity contribution in [1.29, 1.82) is 0 Å².